The lowest BCUT2D eigenvalue weighted by molar-refractivity contribution is -0.131. The van der Waals surface area contributed by atoms with Gasteiger partial charge in [-0.3, -0.25) is 0 Å². The van der Waals surface area contributed by atoms with E-state index in [0.29, 0.717) is 11.5 Å². The summed E-state index contributed by atoms with van der Waals surface area (Å²) in [6.45, 7) is 6.12. The van der Waals surface area contributed by atoms with Gasteiger partial charge in [-0.1, -0.05) is 13.8 Å². The monoisotopic (exact) mass is 236 g/mol. The van der Waals surface area contributed by atoms with Gasteiger partial charge in [-0.15, -0.1) is 0 Å². The van der Waals surface area contributed by atoms with Crippen molar-refractivity contribution in [2.24, 2.45) is 0 Å². The van der Waals surface area contributed by atoms with E-state index in [1.54, 1.807) is 12.1 Å². The largest absolute Gasteiger partial charge is 0.478 e. The van der Waals surface area contributed by atoms with Crippen LogP contribution in [0.15, 0.2) is 18.2 Å². The number of rotatable bonds is 2. The highest BCUT2D eigenvalue weighted by atomic mass is 16.7. The fourth-order valence-electron chi connectivity index (χ4n) is 1.40. The molecule has 4 nitrogen and oxygen atoms in total. The molecule has 1 aliphatic heterocycles. The van der Waals surface area contributed by atoms with E-state index in [2.05, 4.69) is 0 Å². The molecule has 0 fully saturated rings. The summed E-state index contributed by atoms with van der Waals surface area (Å²) in [4.78, 5) is 10.4. The van der Waals surface area contributed by atoms with Gasteiger partial charge < -0.3 is 14.6 Å². The van der Waals surface area contributed by atoms with Gasteiger partial charge in [0, 0.05) is 6.08 Å². The molecule has 2 rings (SSSR count). The zero-order chi connectivity index (χ0) is 12.8. The Morgan fingerprint density at radius 1 is 1.29 bits per heavy atom. The second kappa shape index (κ2) is 5.94. The maximum absolute atomic E-state index is 10.4. The zero-order valence-electron chi connectivity index (χ0n) is 10.2. The molecular weight excluding hydrogens is 220 g/mol. The quantitative estimate of drug-likeness (QED) is 0.802. The van der Waals surface area contributed by atoms with Crippen LogP contribution >= 0.6 is 0 Å². The Labute approximate surface area is 100 Å². The first-order valence-corrected chi connectivity index (χ1v) is 5.48. The number of benzene rings is 1. The number of hydrogen-bond acceptors (Lipinski definition) is 3. The van der Waals surface area contributed by atoms with E-state index in [1.807, 2.05) is 26.8 Å². The summed E-state index contributed by atoms with van der Waals surface area (Å²) < 4.78 is 10.4. The average Bonchev–Trinajstić information content (AvgIpc) is 2.75. The van der Waals surface area contributed by atoms with E-state index >= 15 is 0 Å². The first-order valence-electron chi connectivity index (χ1n) is 5.48. The first kappa shape index (κ1) is 13.1. The molecule has 1 aromatic rings. The second-order valence-corrected chi connectivity index (χ2v) is 3.23. The lowest BCUT2D eigenvalue weighted by Crippen LogP contribution is -1.92. The van der Waals surface area contributed by atoms with Gasteiger partial charge in [0.2, 0.25) is 6.79 Å². The first-order chi connectivity index (χ1) is 8.16. The normalized spacial score (nSPS) is 12.2. The van der Waals surface area contributed by atoms with Crippen molar-refractivity contribution in [3.8, 4) is 11.5 Å². The topological polar surface area (TPSA) is 55.8 Å². The van der Waals surface area contributed by atoms with Crippen molar-refractivity contribution in [2.75, 3.05) is 6.79 Å². The highest BCUT2D eigenvalue weighted by Crippen LogP contribution is 2.34. The van der Waals surface area contributed by atoms with Crippen molar-refractivity contribution in [3.05, 3.63) is 29.3 Å². The van der Waals surface area contributed by atoms with Crippen LogP contribution in [0.1, 0.15) is 25.0 Å². The van der Waals surface area contributed by atoms with E-state index in [9.17, 15) is 4.79 Å². The standard InChI is InChI=1S/C11H10O4.C2H6/c1-7-4-9-10(15-6-14-9)5-8(7)2-3-11(12)13;1-2/h2-5H,6H2,1H3,(H,12,13);1-2H3/b3-2+;. The molecule has 1 aromatic carbocycles. The van der Waals surface area contributed by atoms with Gasteiger partial charge >= 0.3 is 5.97 Å². The lowest BCUT2D eigenvalue weighted by atomic mass is 10.1. The van der Waals surface area contributed by atoms with Crippen LogP contribution in [0.3, 0.4) is 0 Å². The summed E-state index contributed by atoms with van der Waals surface area (Å²) in [6.07, 6.45) is 2.64. The SMILES string of the molecule is CC.Cc1cc2c(cc1/C=C/C(=O)O)OCO2. The third kappa shape index (κ3) is 3.24. The summed E-state index contributed by atoms with van der Waals surface area (Å²) >= 11 is 0. The Morgan fingerprint density at radius 3 is 2.47 bits per heavy atom. The Bertz CT molecular complexity index is 435. The molecule has 0 saturated carbocycles. The Kier molecular flexibility index (Phi) is 4.57. The van der Waals surface area contributed by atoms with Crippen LogP contribution in [0.25, 0.3) is 6.08 Å². The predicted molar refractivity (Wildman–Crippen MR) is 65.3 cm³/mol. The molecule has 0 unspecified atom stereocenters. The maximum atomic E-state index is 10.4. The number of carbonyl (C=O) groups is 1. The minimum Gasteiger partial charge on any atom is -0.478 e. The molecule has 17 heavy (non-hydrogen) atoms. The van der Waals surface area contributed by atoms with Crippen molar-refractivity contribution in [3.63, 3.8) is 0 Å². The fourth-order valence-corrected chi connectivity index (χ4v) is 1.40. The third-order valence-corrected chi connectivity index (χ3v) is 2.17. The summed E-state index contributed by atoms with van der Waals surface area (Å²) in [7, 11) is 0. The maximum Gasteiger partial charge on any atom is 0.328 e. The zero-order valence-corrected chi connectivity index (χ0v) is 10.2. The molecular formula is C13H16O4. The van der Waals surface area contributed by atoms with Gasteiger partial charge in [0.05, 0.1) is 0 Å². The molecule has 0 aromatic heterocycles. The highest BCUT2D eigenvalue weighted by Gasteiger charge is 2.14. The number of aliphatic carboxylic acids is 1. The van der Waals surface area contributed by atoms with E-state index in [4.69, 9.17) is 14.6 Å². The minimum absolute atomic E-state index is 0.223. The number of carboxylic acid groups (broad SMARTS) is 1. The third-order valence-electron chi connectivity index (χ3n) is 2.17. The van der Waals surface area contributed by atoms with Crippen LogP contribution in [-0.2, 0) is 4.79 Å². The second-order valence-electron chi connectivity index (χ2n) is 3.23. The smallest absolute Gasteiger partial charge is 0.328 e. The van der Waals surface area contributed by atoms with Gasteiger partial charge in [-0.25, -0.2) is 4.79 Å². The van der Waals surface area contributed by atoms with E-state index < -0.39 is 5.97 Å². The van der Waals surface area contributed by atoms with Crippen LogP contribution in [-0.4, -0.2) is 17.9 Å². The predicted octanol–water partition coefficient (Wildman–Crippen LogP) is 2.85. The number of carboxylic acids is 1. The molecule has 0 spiro atoms. The van der Waals surface area contributed by atoms with E-state index in [0.717, 1.165) is 17.2 Å². The number of aryl methyl sites for hydroxylation is 1. The summed E-state index contributed by atoms with van der Waals surface area (Å²) in [5, 5.41) is 8.52. The van der Waals surface area contributed by atoms with Crippen LogP contribution < -0.4 is 9.47 Å². The van der Waals surface area contributed by atoms with Crippen LogP contribution in [0.2, 0.25) is 0 Å². The molecule has 0 radical (unpaired) electrons. The number of ether oxygens (including phenoxy) is 2. The van der Waals surface area contributed by atoms with Crippen LogP contribution in [0, 0.1) is 6.92 Å². The molecule has 1 aliphatic rings. The summed E-state index contributed by atoms with van der Waals surface area (Å²) in [6, 6.07) is 3.61. The van der Waals surface area contributed by atoms with E-state index in [-0.39, 0.29) is 6.79 Å². The van der Waals surface area contributed by atoms with Crippen molar-refractivity contribution < 1.29 is 19.4 Å². The minimum atomic E-state index is -0.966. The fraction of sp³-hybridized carbons (Fsp3) is 0.308. The molecule has 0 atom stereocenters. The van der Waals surface area contributed by atoms with Gasteiger partial charge in [-0.05, 0) is 36.3 Å². The van der Waals surface area contributed by atoms with Crippen molar-refractivity contribution in [2.45, 2.75) is 20.8 Å². The molecule has 4 heteroatoms. The molecule has 0 aliphatic carbocycles. The molecule has 92 valence electrons. The summed E-state index contributed by atoms with van der Waals surface area (Å²) in [5.74, 6) is 0.401. The molecule has 0 amide bonds. The molecule has 0 bridgehead atoms. The molecule has 1 heterocycles. The van der Waals surface area contributed by atoms with E-state index in [1.165, 1.54) is 0 Å². The van der Waals surface area contributed by atoms with Gasteiger partial charge in [-0.2, -0.15) is 0 Å². The summed E-state index contributed by atoms with van der Waals surface area (Å²) in [5.41, 5.74) is 1.78. The highest BCUT2D eigenvalue weighted by molar-refractivity contribution is 5.85. The van der Waals surface area contributed by atoms with Crippen molar-refractivity contribution in [1.29, 1.82) is 0 Å². The number of fused-ring (bicyclic) bond motifs is 1. The lowest BCUT2D eigenvalue weighted by Gasteiger charge is -2.02. The van der Waals surface area contributed by atoms with Gasteiger partial charge in [0.15, 0.2) is 11.5 Å². The van der Waals surface area contributed by atoms with Gasteiger partial charge in [0.1, 0.15) is 0 Å². The Hall–Kier alpha value is -1.97. The van der Waals surface area contributed by atoms with Gasteiger partial charge in [0.25, 0.3) is 0 Å². The Balaban J connectivity index is 0.000000686. The Morgan fingerprint density at radius 2 is 1.88 bits per heavy atom. The van der Waals surface area contributed by atoms with Crippen LogP contribution in [0.5, 0.6) is 11.5 Å². The molecule has 1 N–H and O–H groups in total. The van der Waals surface area contributed by atoms with Crippen LogP contribution in [0.4, 0.5) is 0 Å². The molecule has 0 saturated heterocycles. The average molecular weight is 236 g/mol. The van der Waals surface area contributed by atoms with Crippen molar-refractivity contribution in [1.82, 2.24) is 0 Å². The number of hydrogen-bond donors (Lipinski definition) is 1. The van der Waals surface area contributed by atoms with Crippen molar-refractivity contribution >= 4 is 12.0 Å².